The second-order valence-corrected chi connectivity index (χ2v) is 6.43. The molecule has 0 unspecified atom stereocenters. The van der Waals surface area contributed by atoms with Gasteiger partial charge in [0.1, 0.15) is 0 Å². The van der Waals surface area contributed by atoms with Crippen LogP contribution in [0.3, 0.4) is 0 Å². The molecule has 2 aromatic carbocycles. The van der Waals surface area contributed by atoms with E-state index in [0.29, 0.717) is 33.8 Å². The number of carbonyl (C=O) groups is 1. The molecule has 1 aliphatic heterocycles. The van der Waals surface area contributed by atoms with Crippen LogP contribution in [-0.4, -0.2) is 28.1 Å². The average Bonchev–Trinajstić information content (AvgIpc) is 2.76. The summed E-state index contributed by atoms with van der Waals surface area (Å²) < 4.78 is 5.04. The first-order chi connectivity index (χ1) is 13.0. The molecular formula is C19H15ClN4O3. The van der Waals surface area contributed by atoms with E-state index < -0.39 is 0 Å². The Hall–Kier alpha value is -3.32. The number of fused-ring (bicyclic) bond motifs is 3. The third-order valence-electron chi connectivity index (χ3n) is 4.16. The second-order valence-electron chi connectivity index (χ2n) is 5.99. The lowest BCUT2D eigenvalue weighted by atomic mass is 10.1. The van der Waals surface area contributed by atoms with Crippen LogP contribution in [0.15, 0.2) is 42.6 Å². The molecule has 0 spiro atoms. The van der Waals surface area contributed by atoms with E-state index >= 15 is 0 Å². The van der Waals surface area contributed by atoms with Gasteiger partial charge < -0.3 is 20.5 Å². The number of carbonyl (C=O) groups excluding carboxylic acids is 1. The highest BCUT2D eigenvalue weighted by Crippen LogP contribution is 2.35. The smallest absolute Gasteiger partial charge is 0.228 e. The molecule has 136 valence electrons. The molecule has 1 amide bonds. The fraction of sp³-hybridized carbons (Fsp3) is 0.105. The van der Waals surface area contributed by atoms with E-state index in [2.05, 4.69) is 20.6 Å². The van der Waals surface area contributed by atoms with Crippen molar-refractivity contribution in [3.05, 3.63) is 53.2 Å². The van der Waals surface area contributed by atoms with Gasteiger partial charge in [0.2, 0.25) is 11.9 Å². The lowest BCUT2D eigenvalue weighted by Crippen LogP contribution is -2.12. The van der Waals surface area contributed by atoms with Gasteiger partial charge in [-0.3, -0.25) is 4.79 Å². The summed E-state index contributed by atoms with van der Waals surface area (Å²) in [5, 5.41) is 16.3. The molecule has 0 bridgehead atoms. The van der Waals surface area contributed by atoms with Crippen LogP contribution in [0.4, 0.5) is 17.3 Å². The van der Waals surface area contributed by atoms with E-state index in [1.54, 1.807) is 30.5 Å². The van der Waals surface area contributed by atoms with Crippen LogP contribution < -0.4 is 15.4 Å². The third kappa shape index (κ3) is 3.37. The minimum atomic E-state index is -0.151. The number of hydrogen-bond donors (Lipinski definition) is 3. The maximum absolute atomic E-state index is 12.1. The van der Waals surface area contributed by atoms with E-state index in [0.717, 1.165) is 11.1 Å². The van der Waals surface area contributed by atoms with Crippen LogP contribution in [0, 0.1) is 0 Å². The predicted octanol–water partition coefficient (Wildman–Crippen LogP) is 3.75. The summed E-state index contributed by atoms with van der Waals surface area (Å²) in [6.45, 7) is 0. The molecule has 7 nitrogen and oxygen atoms in total. The Kier molecular flexibility index (Phi) is 4.29. The maximum Gasteiger partial charge on any atom is 0.228 e. The molecule has 8 heteroatoms. The van der Waals surface area contributed by atoms with E-state index in [1.807, 2.05) is 6.07 Å². The summed E-state index contributed by atoms with van der Waals surface area (Å²) in [6.07, 6.45) is 1.79. The molecule has 0 aliphatic carbocycles. The van der Waals surface area contributed by atoms with Gasteiger partial charge in [-0.2, -0.15) is 0 Å². The fourth-order valence-electron chi connectivity index (χ4n) is 2.92. The summed E-state index contributed by atoms with van der Waals surface area (Å²) in [6, 6.07) is 10.2. The molecule has 0 radical (unpaired) electrons. The number of aromatic nitrogens is 2. The third-order valence-corrected chi connectivity index (χ3v) is 4.40. The number of nitrogens with one attached hydrogen (secondary N) is 2. The second kappa shape index (κ2) is 6.77. The highest BCUT2D eigenvalue weighted by Gasteiger charge is 2.21. The van der Waals surface area contributed by atoms with Crippen molar-refractivity contribution in [3.8, 4) is 22.8 Å². The molecule has 0 fully saturated rings. The largest absolute Gasteiger partial charge is 0.504 e. The zero-order valence-electron chi connectivity index (χ0n) is 14.3. The number of benzene rings is 2. The number of phenols is 1. The predicted molar refractivity (Wildman–Crippen MR) is 103 cm³/mol. The first-order valence-corrected chi connectivity index (χ1v) is 8.51. The Labute approximate surface area is 160 Å². The van der Waals surface area contributed by atoms with Gasteiger partial charge in [-0.25, -0.2) is 9.97 Å². The van der Waals surface area contributed by atoms with Crippen LogP contribution >= 0.6 is 11.6 Å². The Balaban J connectivity index is 1.74. The SMILES string of the molecule is COc1ccc(Nc2ncc3c(n2)-c2ccc(Cl)cc2NC(=O)C3)cc1O. The molecule has 0 saturated carbocycles. The normalized spacial score (nSPS) is 12.4. The quantitative estimate of drug-likeness (QED) is 0.638. The molecular weight excluding hydrogens is 368 g/mol. The number of halogens is 1. The summed E-state index contributed by atoms with van der Waals surface area (Å²) >= 11 is 6.05. The number of aromatic hydroxyl groups is 1. The molecule has 0 atom stereocenters. The highest BCUT2D eigenvalue weighted by molar-refractivity contribution is 6.31. The number of phenolic OH excluding ortho intramolecular Hbond substituents is 1. The van der Waals surface area contributed by atoms with Gasteiger partial charge >= 0.3 is 0 Å². The Morgan fingerprint density at radius 1 is 1.26 bits per heavy atom. The minimum absolute atomic E-state index is 0.00652. The van der Waals surface area contributed by atoms with Gasteiger partial charge in [0.15, 0.2) is 11.5 Å². The number of nitrogens with zero attached hydrogens (tertiary/aromatic N) is 2. The number of amides is 1. The first kappa shape index (κ1) is 17.1. The highest BCUT2D eigenvalue weighted by atomic mass is 35.5. The monoisotopic (exact) mass is 382 g/mol. The standard InChI is InChI=1S/C19H15ClN4O3/c1-27-16-5-3-12(8-15(16)25)22-19-21-9-10-6-17(26)23-14-7-11(20)2-4-13(14)18(10)24-19/h2-5,7-9,25H,6H2,1H3,(H,23,26)(H,21,22,24). The molecule has 4 rings (SSSR count). The van der Waals surface area contributed by atoms with Gasteiger partial charge in [-0.1, -0.05) is 11.6 Å². The van der Waals surface area contributed by atoms with Crippen LogP contribution in [0.5, 0.6) is 11.5 Å². The van der Waals surface area contributed by atoms with Gasteiger partial charge in [-0.15, -0.1) is 0 Å². The van der Waals surface area contributed by atoms with Crippen molar-refractivity contribution in [1.82, 2.24) is 9.97 Å². The molecule has 2 heterocycles. The number of rotatable bonds is 3. The van der Waals surface area contributed by atoms with Crippen molar-refractivity contribution >= 4 is 34.8 Å². The summed E-state index contributed by atoms with van der Waals surface area (Å²) in [4.78, 5) is 21.0. The number of anilines is 3. The number of hydrogen-bond acceptors (Lipinski definition) is 6. The molecule has 1 aliphatic rings. The molecule has 0 saturated heterocycles. The molecule has 27 heavy (non-hydrogen) atoms. The van der Waals surface area contributed by atoms with E-state index in [4.69, 9.17) is 16.3 Å². The topological polar surface area (TPSA) is 96.4 Å². The van der Waals surface area contributed by atoms with Crippen molar-refractivity contribution < 1.29 is 14.6 Å². The Bertz CT molecular complexity index is 1060. The van der Waals surface area contributed by atoms with Gasteiger partial charge in [0.05, 0.1) is 24.9 Å². The average molecular weight is 383 g/mol. The van der Waals surface area contributed by atoms with Crippen LogP contribution in [0.25, 0.3) is 11.3 Å². The number of ether oxygens (including phenoxy) is 1. The van der Waals surface area contributed by atoms with Crippen LogP contribution in [0.1, 0.15) is 5.56 Å². The van der Waals surface area contributed by atoms with Crippen molar-refractivity contribution in [1.29, 1.82) is 0 Å². The lowest BCUT2D eigenvalue weighted by Gasteiger charge is -2.11. The minimum Gasteiger partial charge on any atom is -0.504 e. The summed E-state index contributed by atoms with van der Waals surface area (Å²) in [5.41, 5.74) is 3.35. The van der Waals surface area contributed by atoms with E-state index in [1.165, 1.54) is 13.2 Å². The summed E-state index contributed by atoms with van der Waals surface area (Å²) in [5.74, 6) is 0.570. The lowest BCUT2D eigenvalue weighted by molar-refractivity contribution is -0.115. The zero-order valence-corrected chi connectivity index (χ0v) is 15.0. The summed E-state index contributed by atoms with van der Waals surface area (Å²) in [7, 11) is 1.48. The molecule has 3 N–H and O–H groups in total. The van der Waals surface area contributed by atoms with Gasteiger partial charge in [0.25, 0.3) is 0 Å². The van der Waals surface area contributed by atoms with Gasteiger partial charge in [0, 0.05) is 34.1 Å². The Morgan fingerprint density at radius 2 is 2.11 bits per heavy atom. The van der Waals surface area contributed by atoms with Crippen LogP contribution in [-0.2, 0) is 11.2 Å². The van der Waals surface area contributed by atoms with E-state index in [-0.39, 0.29) is 18.1 Å². The van der Waals surface area contributed by atoms with Gasteiger partial charge in [-0.05, 0) is 30.3 Å². The molecule has 1 aromatic heterocycles. The first-order valence-electron chi connectivity index (χ1n) is 8.13. The Morgan fingerprint density at radius 3 is 2.89 bits per heavy atom. The van der Waals surface area contributed by atoms with Crippen LogP contribution in [0.2, 0.25) is 5.02 Å². The van der Waals surface area contributed by atoms with Crippen molar-refractivity contribution in [3.63, 3.8) is 0 Å². The zero-order chi connectivity index (χ0) is 19.0. The maximum atomic E-state index is 12.1. The fourth-order valence-corrected chi connectivity index (χ4v) is 3.09. The van der Waals surface area contributed by atoms with Crippen molar-refractivity contribution in [2.45, 2.75) is 6.42 Å². The molecule has 3 aromatic rings. The van der Waals surface area contributed by atoms with Crippen molar-refractivity contribution in [2.24, 2.45) is 0 Å². The van der Waals surface area contributed by atoms with Crippen molar-refractivity contribution in [2.75, 3.05) is 17.7 Å². The van der Waals surface area contributed by atoms with E-state index in [9.17, 15) is 9.90 Å². The number of methoxy groups -OCH3 is 1.